The van der Waals surface area contributed by atoms with Crippen LogP contribution in [0.3, 0.4) is 0 Å². The Bertz CT molecular complexity index is 252. The summed E-state index contributed by atoms with van der Waals surface area (Å²) in [5.41, 5.74) is 0.212. The van der Waals surface area contributed by atoms with E-state index in [0.29, 0.717) is 6.61 Å². The standard InChI is InChI=1S/C16H31NO/c1-13(2)10-17(15-4-5-15)11-16(12-18)8-6-14(3)7-9-16/h13-15,18H,4-12H2,1-3H3. The summed E-state index contributed by atoms with van der Waals surface area (Å²) in [5.74, 6) is 1.60. The first-order chi connectivity index (χ1) is 8.54. The van der Waals surface area contributed by atoms with Gasteiger partial charge in [0.05, 0.1) is 0 Å². The first kappa shape index (κ1) is 14.3. The molecule has 18 heavy (non-hydrogen) atoms. The van der Waals surface area contributed by atoms with Crippen molar-refractivity contribution in [2.75, 3.05) is 19.7 Å². The molecule has 0 spiro atoms. The van der Waals surface area contributed by atoms with Gasteiger partial charge in [0.15, 0.2) is 0 Å². The zero-order valence-electron chi connectivity index (χ0n) is 12.5. The van der Waals surface area contributed by atoms with Crippen LogP contribution in [0.2, 0.25) is 0 Å². The molecule has 2 nitrogen and oxygen atoms in total. The predicted octanol–water partition coefficient (Wildman–Crippen LogP) is 3.30. The molecule has 2 fully saturated rings. The van der Waals surface area contributed by atoms with Crippen LogP contribution in [0, 0.1) is 17.3 Å². The maximum Gasteiger partial charge on any atom is 0.0499 e. The molecule has 2 saturated carbocycles. The minimum Gasteiger partial charge on any atom is -0.396 e. The van der Waals surface area contributed by atoms with Crippen molar-refractivity contribution in [1.29, 1.82) is 0 Å². The molecule has 0 bridgehead atoms. The fourth-order valence-electron chi connectivity index (χ4n) is 3.42. The normalized spacial score (nSPS) is 33.3. The van der Waals surface area contributed by atoms with Crippen LogP contribution < -0.4 is 0 Å². The minimum atomic E-state index is 0.212. The summed E-state index contributed by atoms with van der Waals surface area (Å²) in [7, 11) is 0. The van der Waals surface area contributed by atoms with Crippen LogP contribution in [0.1, 0.15) is 59.3 Å². The summed E-state index contributed by atoms with van der Waals surface area (Å²) in [6, 6.07) is 0.829. The largest absolute Gasteiger partial charge is 0.396 e. The minimum absolute atomic E-state index is 0.212. The van der Waals surface area contributed by atoms with Gasteiger partial charge in [-0.3, -0.25) is 4.90 Å². The van der Waals surface area contributed by atoms with Gasteiger partial charge in [-0.15, -0.1) is 0 Å². The van der Waals surface area contributed by atoms with Crippen molar-refractivity contribution in [3.8, 4) is 0 Å². The van der Waals surface area contributed by atoms with Gasteiger partial charge in [-0.05, 0) is 37.5 Å². The van der Waals surface area contributed by atoms with Crippen LogP contribution in [0.25, 0.3) is 0 Å². The van der Waals surface area contributed by atoms with Crippen molar-refractivity contribution in [1.82, 2.24) is 4.90 Å². The van der Waals surface area contributed by atoms with Crippen molar-refractivity contribution >= 4 is 0 Å². The number of aliphatic hydroxyl groups is 1. The van der Waals surface area contributed by atoms with E-state index in [-0.39, 0.29) is 5.41 Å². The molecular formula is C16H31NO. The van der Waals surface area contributed by atoms with Crippen LogP contribution in [0.5, 0.6) is 0 Å². The van der Waals surface area contributed by atoms with E-state index >= 15 is 0 Å². The van der Waals surface area contributed by atoms with Crippen LogP contribution in [0.15, 0.2) is 0 Å². The lowest BCUT2D eigenvalue weighted by molar-refractivity contribution is 0.0233. The van der Waals surface area contributed by atoms with Gasteiger partial charge in [-0.1, -0.05) is 33.6 Å². The molecule has 0 aromatic heterocycles. The van der Waals surface area contributed by atoms with Crippen LogP contribution in [-0.4, -0.2) is 35.7 Å². The molecule has 0 saturated heterocycles. The van der Waals surface area contributed by atoms with Gasteiger partial charge in [0, 0.05) is 31.2 Å². The Labute approximate surface area is 113 Å². The highest BCUT2D eigenvalue weighted by atomic mass is 16.3. The van der Waals surface area contributed by atoms with Gasteiger partial charge in [0.25, 0.3) is 0 Å². The monoisotopic (exact) mass is 253 g/mol. The lowest BCUT2D eigenvalue weighted by Crippen LogP contribution is -2.44. The van der Waals surface area contributed by atoms with E-state index in [4.69, 9.17) is 0 Å². The average molecular weight is 253 g/mol. The smallest absolute Gasteiger partial charge is 0.0499 e. The lowest BCUT2D eigenvalue weighted by atomic mass is 9.71. The maximum atomic E-state index is 9.89. The summed E-state index contributed by atoms with van der Waals surface area (Å²) in [4.78, 5) is 2.68. The lowest BCUT2D eigenvalue weighted by Gasteiger charge is -2.42. The first-order valence-electron chi connectivity index (χ1n) is 7.89. The number of hydrogen-bond donors (Lipinski definition) is 1. The van der Waals surface area contributed by atoms with Gasteiger partial charge in [-0.2, -0.15) is 0 Å². The van der Waals surface area contributed by atoms with E-state index in [9.17, 15) is 5.11 Å². The first-order valence-corrected chi connectivity index (χ1v) is 7.89. The summed E-state index contributed by atoms with van der Waals surface area (Å²) >= 11 is 0. The molecule has 0 aromatic rings. The van der Waals surface area contributed by atoms with Crippen molar-refractivity contribution in [2.45, 2.75) is 65.3 Å². The SMILES string of the molecule is CC(C)CN(CC1(CO)CCC(C)CC1)C1CC1. The third kappa shape index (κ3) is 3.71. The predicted molar refractivity (Wildman–Crippen MR) is 76.6 cm³/mol. The van der Waals surface area contributed by atoms with Crippen molar-refractivity contribution in [3.63, 3.8) is 0 Å². The Morgan fingerprint density at radius 2 is 1.78 bits per heavy atom. The number of nitrogens with zero attached hydrogens (tertiary/aromatic N) is 1. The molecule has 2 aliphatic carbocycles. The maximum absolute atomic E-state index is 9.89. The second-order valence-electron chi connectivity index (χ2n) is 7.40. The second-order valence-corrected chi connectivity index (χ2v) is 7.40. The number of aliphatic hydroxyl groups excluding tert-OH is 1. The van der Waals surface area contributed by atoms with Gasteiger partial charge >= 0.3 is 0 Å². The molecular weight excluding hydrogens is 222 g/mol. The Morgan fingerprint density at radius 1 is 1.17 bits per heavy atom. The molecule has 2 heteroatoms. The summed E-state index contributed by atoms with van der Waals surface area (Å²) in [6.45, 7) is 9.71. The van der Waals surface area contributed by atoms with Gasteiger partial charge in [0.1, 0.15) is 0 Å². The van der Waals surface area contributed by atoms with E-state index in [2.05, 4.69) is 25.7 Å². The second kappa shape index (κ2) is 5.92. The fourth-order valence-corrected chi connectivity index (χ4v) is 3.42. The highest BCUT2D eigenvalue weighted by Gasteiger charge is 2.39. The number of hydrogen-bond acceptors (Lipinski definition) is 2. The van der Waals surface area contributed by atoms with Crippen LogP contribution in [-0.2, 0) is 0 Å². The summed E-state index contributed by atoms with van der Waals surface area (Å²) in [6.07, 6.45) is 7.83. The molecule has 0 heterocycles. The summed E-state index contributed by atoms with van der Waals surface area (Å²) < 4.78 is 0. The molecule has 0 amide bonds. The Kier molecular flexibility index (Phi) is 4.71. The Morgan fingerprint density at radius 3 is 2.22 bits per heavy atom. The van der Waals surface area contributed by atoms with Gasteiger partial charge in [-0.25, -0.2) is 0 Å². The third-order valence-corrected chi connectivity index (χ3v) is 4.87. The average Bonchev–Trinajstić information content (AvgIpc) is 3.15. The topological polar surface area (TPSA) is 23.5 Å². The molecule has 0 aromatic carbocycles. The zero-order valence-corrected chi connectivity index (χ0v) is 12.5. The van der Waals surface area contributed by atoms with Crippen molar-refractivity contribution in [3.05, 3.63) is 0 Å². The van der Waals surface area contributed by atoms with Gasteiger partial charge < -0.3 is 5.11 Å². The van der Waals surface area contributed by atoms with Crippen molar-refractivity contribution < 1.29 is 5.11 Å². The van der Waals surface area contributed by atoms with E-state index in [1.165, 1.54) is 45.1 Å². The summed E-state index contributed by atoms with van der Waals surface area (Å²) in [5, 5.41) is 9.89. The third-order valence-electron chi connectivity index (χ3n) is 4.87. The van der Waals surface area contributed by atoms with Crippen LogP contribution in [0.4, 0.5) is 0 Å². The molecule has 0 radical (unpaired) electrons. The number of rotatable bonds is 6. The highest BCUT2D eigenvalue weighted by molar-refractivity contribution is 4.92. The zero-order chi connectivity index (χ0) is 13.2. The molecule has 2 aliphatic rings. The Balaban J connectivity index is 1.94. The van der Waals surface area contributed by atoms with Crippen molar-refractivity contribution in [2.24, 2.45) is 17.3 Å². The van der Waals surface area contributed by atoms with E-state index in [1.54, 1.807) is 0 Å². The molecule has 0 aliphatic heterocycles. The molecule has 2 rings (SSSR count). The molecule has 0 unspecified atom stereocenters. The van der Waals surface area contributed by atoms with E-state index in [1.807, 2.05) is 0 Å². The Hall–Kier alpha value is -0.0800. The van der Waals surface area contributed by atoms with Gasteiger partial charge in [0.2, 0.25) is 0 Å². The van der Waals surface area contributed by atoms with E-state index in [0.717, 1.165) is 24.4 Å². The molecule has 0 atom stereocenters. The van der Waals surface area contributed by atoms with E-state index < -0.39 is 0 Å². The molecule has 1 N–H and O–H groups in total. The molecule has 106 valence electrons. The quantitative estimate of drug-likeness (QED) is 0.785. The fraction of sp³-hybridized carbons (Fsp3) is 1.00. The van der Waals surface area contributed by atoms with Crippen LogP contribution >= 0.6 is 0 Å². The highest BCUT2D eigenvalue weighted by Crippen LogP contribution is 2.41.